The van der Waals surface area contributed by atoms with E-state index >= 15 is 0 Å². The molecular weight excluding hydrogens is 257 g/mol. The maximum Gasteiger partial charge on any atom is 0.416 e. The number of hydrogen-bond donors (Lipinski definition) is 0. The SMILES string of the molecule is C=CCOc1cc(C(F)(F)F)ccc1C(=O)Cl. The minimum absolute atomic E-state index is 0.0154. The zero-order chi connectivity index (χ0) is 13.1. The lowest BCUT2D eigenvalue weighted by Gasteiger charge is -2.11. The molecule has 0 aliphatic carbocycles. The largest absolute Gasteiger partial charge is 0.489 e. The van der Waals surface area contributed by atoms with Gasteiger partial charge in [0.2, 0.25) is 0 Å². The average Bonchev–Trinajstić information content (AvgIpc) is 2.24. The molecule has 1 aromatic carbocycles. The maximum absolute atomic E-state index is 12.4. The van der Waals surface area contributed by atoms with Crippen molar-refractivity contribution in [2.75, 3.05) is 6.61 Å². The second-order valence-corrected chi connectivity index (χ2v) is 3.43. The van der Waals surface area contributed by atoms with Gasteiger partial charge < -0.3 is 4.74 Å². The molecule has 6 heteroatoms. The summed E-state index contributed by atoms with van der Waals surface area (Å²) in [4.78, 5) is 11.0. The van der Waals surface area contributed by atoms with E-state index in [4.69, 9.17) is 16.3 Å². The molecule has 0 amide bonds. The normalized spacial score (nSPS) is 11.1. The van der Waals surface area contributed by atoms with Crippen LogP contribution in [-0.2, 0) is 6.18 Å². The molecule has 0 bridgehead atoms. The van der Waals surface area contributed by atoms with Gasteiger partial charge in [0.15, 0.2) is 0 Å². The molecule has 0 aromatic heterocycles. The molecule has 0 saturated heterocycles. The van der Waals surface area contributed by atoms with E-state index in [0.29, 0.717) is 0 Å². The van der Waals surface area contributed by atoms with Crippen LogP contribution in [0, 0.1) is 0 Å². The van der Waals surface area contributed by atoms with Crippen molar-refractivity contribution in [3.63, 3.8) is 0 Å². The summed E-state index contributed by atoms with van der Waals surface area (Å²) < 4.78 is 42.2. The van der Waals surface area contributed by atoms with Crippen LogP contribution in [0.15, 0.2) is 30.9 Å². The molecule has 2 nitrogen and oxygen atoms in total. The monoisotopic (exact) mass is 264 g/mol. The summed E-state index contributed by atoms with van der Waals surface area (Å²) in [6.07, 6.45) is -3.15. The minimum Gasteiger partial charge on any atom is -0.489 e. The van der Waals surface area contributed by atoms with E-state index in [1.54, 1.807) is 0 Å². The molecule has 0 spiro atoms. The van der Waals surface area contributed by atoms with Gasteiger partial charge in [-0.05, 0) is 29.8 Å². The van der Waals surface area contributed by atoms with Crippen LogP contribution in [0.3, 0.4) is 0 Å². The Bertz CT molecular complexity index is 441. The highest BCUT2D eigenvalue weighted by Crippen LogP contribution is 2.33. The Balaban J connectivity index is 3.19. The van der Waals surface area contributed by atoms with E-state index in [-0.39, 0.29) is 17.9 Å². The molecule has 1 rings (SSSR count). The summed E-state index contributed by atoms with van der Waals surface area (Å²) in [5, 5.41) is -0.877. The summed E-state index contributed by atoms with van der Waals surface area (Å²) >= 11 is 5.23. The first-order chi connectivity index (χ1) is 7.86. The van der Waals surface area contributed by atoms with Crippen LogP contribution in [0.4, 0.5) is 13.2 Å². The zero-order valence-corrected chi connectivity index (χ0v) is 9.31. The summed E-state index contributed by atoms with van der Waals surface area (Å²) in [5.74, 6) is -0.209. The van der Waals surface area contributed by atoms with Gasteiger partial charge in [-0.1, -0.05) is 12.7 Å². The van der Waals surface area contributed by atoms with Crippen LogP contribution < -0.4 is 4.74 Å². The van der Waals surface area contributed by atoms with Crippen molar-refractivity contribution >= 4 is 16.8 Å². The van der Waals surface area contributed by atoms with Gasteiger partial charge in [-0.2, -0.15) is 13.2 Å². The topological polar surface area (TPSA) is 26.3 Å². The smallest absolute Gasteiger partial charge is 0.416 e. The Morgan fingerprint density at radius 3 is 2.59 bits per heavy atom. The third-order valence-electron chi connectivity index (χ3n) is 1.88. The van der Waals surface area contributed by atoms with Crippen LogP contribution in [0.2, 0.25) is 0 Å². The lowest BCUT2D eigenvalue weighted by Crippen LogP contribution is -2.07. The van der Waals surface area contributed by atoms with Gasteiger partial charge in [-0.15, -0.1) is 0 Å². The molecule has 0 aliphatic heterocycles. The number of halogens is 4. The van der Waals surface area contributed by atoms with Crippen molar-refractivity contribution in [2.24, 2.45) is 0 Å². The van der Waals surface area contributed by atoms with Gasteiger partial charge >= 0.3 is 6.18 Å². The number of rotatable bonds is 4. The fraction of sp³-hybridized carbons (Fsp3) is 0.182. The highest BCUT2D eigenvalue weighted by Gasteiger charge is 2.31. The molecule has 0 radical (unpaired) electrons. The Labute approximate surface area is 101 Å². The standard InChI is InChI=1S/C11H8ClF3O2/c1-2-5-17-9-6-7(11(13,14)15)3-4-8(9)10(12)16/h2-4,6H,1,5H2. The van der Waals surface area contributed by atoms with E-state index in [9.17, 15) is 18.0 Å². The van der Waals surface area contributed by atoms with Crippen molar-refractivity contribution in [2.45, 2.75) is 6.18 Å². The Hall–Kier alpha value is -1.49. The van der Waals surface area contributed by atoms with E-state index < -0.39 is 17.0 Å². The molecular formula is C11H8ClF3O2. The second-order valence-electron chi connectivity index (χ2n) is 3.08. The lowest BCUT2D eigenvalue weighted by atomic mass is 10.1. The highest BCUT2D eigenvalue weighted by atomic mass is 35.5. The predicted octanol–water partition coefficient (Wildman–Crippen LogP) is 3.65. The first kappa shape index (κ1) is 13.6. The summed E-state index contributed by atoms with van der Waals surface area (Å²) in [6, 6.07) is 2.49. The second kappa shape index (κ2) is 5.23. The Morgan fingerprint density at radius 1 is 1.47 bits per heavy atom. The molecule has 92 valence electrons. The van der Waals surface area contributed by atoms with Crippen molar-refractivity contribution in [3.8, 4) is 5.75 Å². The predicted molar refractivity (Wildman–Crippen MR) is 57.3 cm³/mol. The quantitative estimate of drug-likeness (QED) is 0.613. The molecule has 0 unspecified atom stereocenters. The number of ether oxygens (including phenoxy) is 1. The molecule has 0 atom stereocenters. The molecule has 0 heterocycles. The van der Waals surface area contributed by atoms with E-state index in [2.05, 4.69) is 6.58 Å². The van der Waals surface area contributed by atoms with E-state index in [0.717, 1.165) is 18.2 Å². The van der Waals surface area contributed by atoms with Gasteiger partial charge in [0.05, 0.1) is 11.1 Å². The highest BCUT2D eigenvalue weighted by molar-refractivity contribution is 6.68. The first-order valence-corrected chi connectivity index (χ1v) is 4.89. The third kappa shape index (κ3) is 3.49. The van der Waals surface area contributed by atoms with Crippen LogP contribution in [0.5, 0.6) is 5.75 Å². The molecule has 1 aromatic rings. The third-order valence-corrected chi connectivity index (χ3v) is 2.08. The van der Waals surface area contributed by atoms with Crippen molar-refractivity contribution in [3.05, 3.63) is 42.0 Å². The fourth-order valence-electron chi connectivity index (χ4n) is 1.13. The molecule has 0 N–H and O–H groups in total. The van der Waals surface area contributed by atoms with E-state index in [1.165, 1.54) is 6.08 Å². The van der Waals surface area contributed by atoms with Crippen LogP contribution in [0.1, 0.15) is 15.9 Å². The summed E-state index contributed by atoms with van der Waals surface area (Å²) in [6.45, 7) is 3.34. The lowest BCUT2D eigenvalue weighted by molar-refractivity contribution is -0.137. The van der Waals surface area contributed by atoms with Crippen molar-refractivity contribution in [1.29, 1.82) is 0 Å². The van der Waals surface area contributed by atoms with Crippen molar-refractivity contribution < 1.29 is 22.7 Å². The number of hydrogen-bond acceptors (Lipinski definition) is 2. The fourth-order valence-corrected chi connectivity index (χ4v) is 1.29. The summed E-state index contributed by atoms with van der Waals surface area (Å²) in [5.41, 5.74) is -1.01. The average molecular weight is 265 g/mol. The Morgan fingerprint density at radius 2 is 2.12 bits per heavy atom. The van der Waals surface area contributed by atoms with Gasteiger partial charge in [-0.3, -0.25) is 4.79 Å². The minimum atomic E-state index is -4.50. The van der Waals surface area contributed by atoms with Crippen LogP contribution in [0.25, 0.3) is 0 Å². The maximum atomic E-state index is 12.4. The van der Waals surface area contributed by atoms with Crippen LogP contribution >= 0.6 is 11.6 Å². The van der Waals surface area contributed by atoms with Crippen LogP contribution in [-0.4, -0.2) is 11.8 Å². The number of benzene rings is 1. The molecule has 0 saturated carbocycles. The number of alkyl halides is 3. The Kier molecular flexibility index (Phi) is 4.17. The molecule has 17 heavy (non-hydrogen) atoms. The van der Waals surface area contributed by atoms with Crippen molar-refractivity contribution in [1.82, 2.24) is 0 Å². The summed E-state index contributed by atoms with van der Waals surface area (Å²) in [7, 11) is 0. The number of carbonyl (C=O) groups excluding carboxylic acids is 1. The zero-order valence-electron chi connectivity index (χ0n) is 8.55. The first-order valence-electron chi connectivity index (χ1n) is 4.51. The van der Waals surface area contributed by atoms with E-state index in [1.807, 2.05) is 0 Å². The van der Waals surface area contributed by atoms with Gasteiger partial charge in [0.1, 0.15) is 12.4 Å². The van der Waals surface area contributed by atoms with Gasteiger partial charge in [0.25, 0.3) is 5.24 Å². The molecule has 0 aliphatic rings. The molecule has 0 fully saturated rings. The van der Waals surface area contributed by atoms with Gasteiger partial charge in [0, 0.05) is 0 Å². The van der Waals surface area contributed by atoms with Gasteiger partial charge in [-0.25, -0.2) is 0 Å². The number of carbonyl (C=O) groups is 1.